The van der Waals surface area contributed by atoms with Crippen LogP contribution in [0.2, 0.25) is 0 Å². The van der Waals surface area contributed by atoms with Gasteiger partial charge in [0.25, 0.3) is 0 Å². The quantitative estimate of drug-likeness (QED) is 0.731. The largest absolute Gasteiger partial charge is 0.508 e. The lowest BCUT2D eigenvalue weighted by atomic mass is 10.1. The Morgan fingerprint density at radius 1 is 1.22 bits per heavy atom. The lowest BCUT2D eigenvalue weighted by Gasteiger charge is -2.04. The molecule has 0 aliphatic carbocycles. The standard InChI is InChI=1S/C17H17N3O2S/c21-14-5-3-13(4-6-14)7-8-18-16(22)11-15-12-19-17(23-15)20-9-1-2-10-20/h1-6,9-10,12,21H,7-8,11H2,(H,18,22). The van der Waals surface area contributed by atoms with Gasteiger partial charge in [-0.1, -0.05) is 12.1 Å². The number of thiazole rings is 1. The van der Waals surface area contributed by atoms with Crippen molar-refractivity contribution < 1.29 is 9.90 Å². The predicted octanol–water partition coefficient (Wildman–Crippen LogP) is 2.54. The fraction of sp³-hybridized carbons (Fsp3) is 0.176. The minimum Gasteiger partial charge on any atom is -0.508 e. The Balaban J connectivity index is 1.47. The fourth-order valence-electron chi connectivity index (χ4n) is 2.19. The molecule has 5 nitrogen and oxygen atoms in total. The van der Waals surface area contributed by atoms with Crippen LogP contribution >= 0.6 is 11.3 Å². The number of phenolic OH excluding ortho intramolecular Hbond substituents is 1. The highest BCUT2D eigenvalue weighted by atomic mass is 32.1. The maximum absolute atomic E-state index is 12.0. The monoisotopic (exact) mass is 327 g/mol. The lowest BCUT2D eigenvalue weighted by molar-refractivity contribution is -0.120. The van der Waals surface area contributed by atoms with Crippen LogP contribution in [0.5, 0.6) is 5.75 Å². The van der Waals surface area contributed by atoms with Crippen molar-refractivity contribution in [2.24, 2.45) is 0 Å². The van der Waals surface area contributed by atoms with Gasteiger partial charge in [-0.2, -0.15) is 0 Å². The average molecular weight is 327 g/mol. The first-order valence-corrected chi connectivity index (χ1v) is 8.15. The summed E-state index contributed by atoms with van der Waals surface area (Å²) in [5.41, 5.74) is 1.08. The van der Waals surface area contributed by atoms with Gasteiger partial charge in [0.15, 0.2) is 5.13 Å². The van der Waals surface area contributed by atoms with Gasteiger partial charge in [0.05, 0.1) is 6.42 Å². The zero-order chi connectivity index (χ0) is 16.1. The molecule has 3 aromatic rings. The SMILES string of the molecule is O=C(Cc1cnc(-n2cccc2)s1)NCCc1ccc(O)cc1. The molecule has 0 saturated carbocycles. The summed E-state index contributed by atoms with van der Waals surface area (Å²) in [5.74, 6) is 0.243. The Kier molecular flexibility index (Phi) is 4.73. The van der Waals surface area contributed by atoms with Crippen LogP contribution in [0.25, 0.3) is 5.13 Å². The smallest absolute Gasteiger partial charge is 0.225 e. The molecule has 0 aliphatic rings. The summed E-state index contributed by atoms with van der Waals surface area (Å²) in [4.78, 5) is 17.2. The lowest BCUT2D eigenvalue weighted by Crippen LogP contribution is -2.26. The molecule has 23 heavy (non-hydrogen) atoms. The molecule has 0 bridgehead atoms. The minimum atomic E-state index is -0.00788. The summed E-state index contributed by atoms with van der Waals surface area (Å²) in [7, 11) is 0. The Bertz CT molecular complexity index is 764. The number of nitrogens with one attached hydrogen (secondary N) is 1. The van der Waals surface area contributed by atoms with Crippen LogP contribution in [0, 0.1) is 0 Å². The molecule has 1 amide bonds. The summed E-state index contributed by atoms with van der Waals surface area (Å²) in [5, 5.41) is 13.0. The first-order chi connectivity index (χ1) is 11.2. The van der Waals surface area contributed by atoms with Crippen LogP contribution in [0.1, 0.15) is 10.4 Å². The van der Waals surface area contributed by atoms with E-state index in [2.05, 4.69) is 10.3 Å². The molecule has 2 aromatic heterocycles. The molecule has 1 aromatic carbocycles. The topological polar surface area (TPSA) is 67.2 Å². The molecule has 0 unspecified atom stereocenters. The van der Waals surface area contributed by atoms with Crippen LogP contribution in [0.3, 0.4) is 0 Å². The van der Waals surface area contributed by atoms with Crippen LogP contribution in [0.4, 0.5) is 0 Å². The molecule has 0 saturated heterocycles. The number of hydrogen-bond acceptors (Lipinski definition) is 4. The van der Waals surface area contributed by atoms with Gasteiger partial charge in [0.1, 0.15) is 5.75 Å². The normalized spacial score (nSPS) is 10.6. The van der Waals surface area contributed by atoms with E-state index >= 15 is 0 Å². The van der Waals surface area contributed by atoms with E-state index in [-0.39, 0.29) is 11.7 Å². The van der Waals surface area contributed by atoms with Gasteiger partial charge >= 0.3 is 0 Å². The molecule has 0 radical (unpaired) electrons. The van der Waals surface area contributed by atoms with Crippen molar-refractivity contribution in [3.63, 3.8) is 0 Å². The van der Waals surface area contributed by atoms with Gasteiger partial charge in [0, 0.05) is 30.0 Å². The Hall–Kier alpha value is -2.60. The highest BCUT2D eigenvalue weighted by molar-refractivity contribution is 7.14. The molecule has 2 heterocycles. The van der Waals surface area contributed by atoms with Gasteiger partial charge in [-0.3, -0.25) is 4.79 Å². The fourth-order valence-corrected chi connectivity index (χ4v) is 3.07. The van der Waals surface area contributed by atoms with Crippen molar-refractivity contribution in [2.75, 3.05) is 6.54 Å². The van der Waals surface area contributed by atoms with Crippen LogP contribution in [-0.2, 0) is 17.6 Å². The summed E-state index contributed by atoms with van der Waals surface area (Å²) in [6.45, 7) is 0.576. The number of benzene rings is 1. The maximum atomic E-state index is 12.0. The summed E-state index contributed by atoms with van der Waals surface area (Å²) in [6.07, 6.45) is 6.69. The van der Waals surface area contributed by atoms with Crippen molar-refractivity contribution in [1.82, 2.24) is 14.9 Å². The van der Waals surface area contributed by atoms with Crippen molar-refractivity contribution in [3.05, 3.63) is 65.4 Å². The van der Waals surface area contributed by atoms with E-state index < -0.39 is 0 Å². The third kappa shape index (κ3) is 4.20. The minimum absolute atomic E-state index is 0.00788. The van der Waals surface area contributed by atoms with E-state index in [0.29, 0.717) is 13.0 Å². The van der Waals surface area contributed by atoms with Crippen molar-refractivity contribution >= 4 is 17.2 Å². The Morgan fingerprint density at radius 3 is 2.70 bits per heavy atom. The average Bonchev–Trinajstić information content (AvgIpc) is 3.20. The molecule has 6 heteroatoms. The van der Waals surface area contributed by atoms with Crippen molar-refractivity contribution in [1.29, 1.82) is 0 Å². The van der Waals surface area contributed by atoms with Crippen LogP contribution < -0.4 is 5.32 Å². The third-order valence-electron chi connectivity index (χ3n) is 3.37. The predicted molar refractivity (Wildman–Crippen MR) is 90.0 cm³/mol. The van der Waals surface area contributed by atoms with Gasteiger partial charge in [-0.15, -0.1) is 11.3 Å². The second-order valence-electron chi connectivity index (χ2n) is 5.14. The first kappa shape index (κ1) is 15.3. The zero-order valence-electron chi connectivity index (χ0n) is 12.5. The number of aromatic hydroxyl groups is 1. The third-order valence-corrected chi connectivity index (χ3v) is 4.38. The number of rotatable bonds is 6. The van der Waals surface area contributed by atoms with Gasteiger partial charge in [-0.05, 0) is 36.2 Å². The molecule has 118 valence electrons. The molecule has 0 fully saturated rings. The number of amides is 1. The Morgan fingerprint density at radius 2 is 1.96 bits per heavy atom. The van der Waals surface area contributed by atoms with E-state index in [9.17, 15) is 9.90 Å². The van der Waals surface area contributed by atoms with Crippen molar-refractivity contribution in [3.8, 4) is 10.9 Å². The van der Waals surface area contributed by atoms with Gasteiger partial charge in [0.2, 0.25) is 5.91 Å². The van der Waals surface area contributed by atoms with E-state index in [0.717, 1.165) is 22.0 Å². The molecular formula is C17H17N3O2S. The first-order valence-electron chi connectivity index (χ1n) is 7.33. The molecule has 3 rings (SSSR count). The summed E-state index contributed by atoms with van der Waals surface area (Å²) >= 11 is 1.51. The highest BCUT2D eigenvalue weighted by Crippen LogP contribution is 2.17. The number of nitrogens with zero attached hydrogens (tertiary/aromatic N) is 2. The van der Waals surface area contributed by atoms with E-state index in [1.54, 1.807) is 18.3 Å². The van der Waals surface area contributed by atoms with Gasteiger partial charge < -0.3 is 15.0 Å². The van der Waals surface area contributed by atoms with E-state index in [4.69, 9.17) is 0 Å². The second-order valence-corrected chi connectivity index (χ2v) is 6.24. The number of carbonyl (C=O) groups excluding carboxylic acids is 1. The number of aromatic nitrogens is 2. The molecule has 2 N–H and O–H groups in total. The number of phenols is 1. The molecule has 0 spiro atoms. The second kappa shape index (κ2) is 7.11. The molecular weight excluding hydrogens is 310 g/mol. The molecule has 0 atom stereocenters. The van der Waals surface area contributed by atoms with Crippen molar-refractivity contribution in [2.45, 2.75) is 12.8 Å². The maximum Gasteiger partial charge on any atom is 0.225 e. The Labute approximate surface area is 138 Å². The summed E-state index contributed by atoms with van der Waals surface area (Å²) < 4.78 is 1.93. The highest BCUT2D eigenvalue weighted by Gasteiger charge is 2.08. The molecule has 0 aliphatic heterocycles. The van der Waals surface area contributed by atoms with Crippen LogP contribution in [-0.4, -0.2) is 27.1 Å². The van der Waals surface area contributed by atoms with E-state index in [1.807, 2.05) is 41.2 Å². The number of carbonyl (C=O) groups is 1. The number of hydrogen-bond donors (Lipinski definition) is 2. The zero-order valence-corrected chi connectivity index (χ0v) is 13.3. The van der Waals surface area contributed by atoms with Gasteiger partial charge in [-0.25, -0.2) is 4.98 Å². The summed E-state index contributed by atoms with van der Waals surface area (Å²) in [6, 6.07) is 10.9. The van der Waals surface area contributed by atoms with E-state index in [1.165, 1.54) is 11.3 Å². The van der Waals surface area contributed by atoms with Crippen LogP contribution in [0.15, 0.2) is 55.0 Å².